The molecule has 176 valence electrons. The molecule has 2 atom stereocenters. The summed E-state index contributed by atoms with van der Waals surface area (Å²) in [5, 5.41) is 3.26. The van der Waals surface area contributed by atoms with E-state index in [0.717, 1.165) is 56.6 Å². The van der Waals surface area contributed by atoms with Crippen LogP contribution >= 0.6 is 0 Å². The van der Waals surface area contributed by atoms with E-state index in [1.54, 1.807) is 0 Å². The fourth-order valence-electron chi connectivity index (χ4n) is 5.84. The first kappa shape index (κ1) is 22.3. The highest BCUT2D eigenvalue weighted by Gasteiger charge is 2.40. The molecule has 3 saturated heterocycles. The fraction of sp³-hybridized carbons (Fsp3) is 0.536. The van der Waals surface area contributed by atoms with Crippen molar-refractivity contribution < 1.29 is 14.3 Å². The van der Waals surface area contributed by atoms with Gasteiger partial charge < -0.3 is 14.8 Å². The van der Waals surface area contributed by atoms with Crippen LogP contribution in [0, 0.1) is 11.3 Å². The zero-order valence-corrected chi connectivity index (χ0v) is 20.1. The Morgan fingerprint density at radius 2 is 1.91 bits per heavy atom. The van der Waals surface area contributed by atoms with Crippen LogP contribution in [0.4, 0.5) is 4.79 Å². The largest absolute Gasteiger partial charge is 0.494 e. The lowest BCUT2D eigenvalue weighted by Crippen LogP contribution is -2.53. The quantitative estimate of drug-likeness (QED) is 0.648. The molecule has 5 heteroatoms. The molecular weight excluding hydrogens is 412 g/mol. The number of carbonyl (C=O) groups is 1. The van der Waals surface area contributed by atoms with E-state index >= 15 is 0 Å². The number of nitrogens with zero attached hydrogens (tertiary/aromatic N) is 1. The number of piperidine rings is 3. The molecule has 3 heterocycles. The Balaban J connectivity index is 1.34. The minimum Gasteiger partial charge on any atom is -0.494 e. The van der Waals surface area contributed by atoms with Crippen molar-refractivity contribution in [2.45, 2.75) is 58.6 Å². The van der Waals surface area contributed by atoms with Gasteiger partial charge in [-0.1, -0.05) is 44.2 Å². The Bertz CT molecular complexity index is 1010. The molecule has 33 heavy (non-hydrogen) atoms. The van der Waals surface area contributed by atoms with Gasteiger partial charge >= 0.3 is 6.09 Å². The fourth-order valence-corrected chi connectivity index (χ4v) is 5.84. The van der Waals surface area contributed by atoms with E-state index in [-0.39, 0.29) is 23.7 Å². The summed E-state index contributed by atoms with van der Waals surface area (Å²) in [7, 11) is 0. The lowest BCUT2D eigenvalue weighted by Gasteiger charge is -2.44. The summed E-state index contributed by atoms with van der Waals surface area (Å²) in [5.41, 5.74) is 4.82. The first-order chi connectivity index (χ1) is 15.9. The van der Waals surface area contributed by atoms with E-state index in [0.29, 0.717) is 12.5 Å². The van der Waals surface area contributed by atoms with E-state index in [2.05, 4.69) is 54.4 Å². The maximum Gasteiger partial charge on any atom is 0.407 e. The molecule has 0 unspecified atom stereocenters. The Morgan fingerprint density at radius 3 is 2.64 bits per heavy atom. The molecule has 0 saturated carbocycles. The topological polar surface area (TPSA) is 50.8 Å². The van der Waals surface area contributed by atoms with E-state index in [1.165, 1.54) is 16.7 Å². The number of benzene rings is 2. The number of alkyl carbamates (subject to hydrolysis) is 1. The van der Waals surface area contributed by atoms with Crippen molar-refractivity contribution in [3.63, 3.8) is 0 Å². The highest BCUT2D eigenvalue weighted by molar-refractivity contribution is 5.70. The van der Waals surface area contributed by atoms with Gasteiger partial charge in [-0.2, -0.15) is 0 Å². The van der Waals surface area contributed by atoms with Crippen LogP contribution in [-0.2, 0) is 11.2 Å². The molecule has 2 aromatic rings. The molecule has 3 aliphatic heterocycles. The number of amides is 1. The van der Waals surface area contributed by atoms with Crippen molar-refractivity contribution in [3.8, 4) is 16.9 Å². The number of carbonyl (C=O) groups excluding carboxylic acids is 1. The van der Waals surface area contributed by atoms with Crippen molar-refractivity contribution >= 4 is 6.09 Å². The Morgan fingerprint density at radius 1 is 1.12 bits per heavy atom. The summed E-state index contributed by atoms with van der Waals surface area (Å²) in [4.78, 5) is 15.4. The van der Waals surface area contributed by atoms with Gasteiger partial charge in [0.15, 0.2) is 0 Å². The van der Waals surface area contributed by atoms with Crippen LogP contribution in [0.25, 0.3) is 11.1 Å². The molecule has 1 aliphatic carbocycles. The molecule has 1 amide bonds. The summed E-state index contributed by atoms with van der Waals surface area (Å²) >= 11 is 0. The summed E-state index contributed by atoms with van der Waals surface area (Å²) < 4.78 is 11.6. The average molecular weight is 449 g/mol. The third kappa shape index (κ3) is 4.61. The average Bonchev–Trinajstić information content (AvgIpc) is 2.82. The molecule has 1 N–H and O–H groups in total. The second kappa shape index (κ2) is 9.02. The minimum atomic E-state index is -0.270. The number of rotatable bonds is 5. The molecule has 2 bridgehead atoms. The van der Waals surface area contributed by atoms with Crippen molar-refractivity contribution in [1.29, 1.82) is 0 Å². The number of nitrogens with one attached hydrogen (secondary N) is 1. The first-order valence-electron chi connectivity index (χ1n) is 12.5. The summed E-state index contributed by atoms with van der Waals surface area (Å²) in [6.45, 7) is 10.3. The van der Waals surface area contributed by atoms with Crippen LogP contribution < -0.4 is 10.1 Å². The van der Waals surface area contributed by atoms with Gasteiger partial charge in [-0.15, -0.1) is 0 Å². The Labute approximate surface area is 197 Å². The van der Waals surface area contributed by atoms with Gasteiger partial charge in [0, 0.05) is 6.54 Å². The van der Waals surface area contributed by atoms with Gasteiger partial charge in [0.2, 0.25) is 0 Å². The second-order valence-electron chi connectivity index (χ2n) is 10.5. The lowest BCUT2D eigenvalue weighted by molar-refractivity contribution is -0.0353. The monoisotopic (exact) mass is 448 g/mol. The summed E-state index contributed by atoms with van der Waals surface area (Å²) in [6, 6.07) is 14.8. The number of ether oxygens (including phenoxy) is 2. The molecule has 0 radical (unpaired) electrons. The molecule has 0 spiro atoms. The molecule has 0 aromatic heterocycles. The normalized spacial score (nSPS) is 27.5. The Kier molecular flexibility index (Phi) is 6.09. The number of fused-ring (bicyclic) bond motifs is 4. The third-order valence-corrected chi connectivity index (χ3v) is 7.87. The molecular formula is C28H36N2O3. The smallest absolute Gasteiger partial charge is 0.407 e. The predicted molar refractivity (Wildman–Crippen MR) is 130 cm³/mol. The number of hydrogen-bond donors (Lipinski definition) is 1. The zero-order valence-electron chi connectivity index (χ0n) is 20.1. The first-order valence-corrected chi connectivity index (χ1v) is 12.5. The van der Waals surface area contributed by atoms with Gasteiger partial charge in [-0.25, -0.2) is 4.79 Å². The van der Waals surface area contributed by atoms with Crippen LogP contribution in [0.2, 0.25) is 0 Å². The highest BCUT2D eigenvalue weighted by Crippen LogP contribution is 2.44. The SMILES string of the molecule is CCOc1cccc(-c2ccc3c(c2)CCC(C)(C)[C@H]3NC(=O)O[C@@H]2CN3CCC2CC3)c1. The van der Waals surface area contributed by atoms with Gasteiger partial charge in [0.1, 0.15) is 11.9 Å². The maximum atomic E-state index is 13.0. The van der Waals surface area contributed by atoms with Gasteiger partial charge in [0.25, 0.3) is 0 Å². The predicted octanol–water partition coefficient (Wildman–Crippen LogP) is 5.59. The minimum absolute atomic E-state index is 0.0265. The van der Waals surface area contributed by atoms with Crippen LogP contribution in [0.15, 0.2) is 42.5 Å². The van der Waals surface area contributed by atoms with Crippen LogP contribution in [0.5, 0.6) is 5.75 Å². The molecule has 6 rings (SSSR count). The highest BCUT2D eigenvalue weighted by atomic mass is 16.6. The summed E-state index contributed by atoms with van der Waals surface area (Å²) in [5.74, 6) is 1.41. The summed E-state index contributed by atoms with van der Waals surface area (Å²) in [6.07, 6.45) is 4.07. The molecule has 2 aromatic carbocycles. The third-order valence-electron chi connectivity index (χ3n) is 7.87. The number of aryl methyl sites for hydroxylation is 1. The van der Waals surface area contributed by atoms with E-state index in [4.69, 9.17) is 9.47 Å². The van der Waals surface area contributed by atoms with E-state index in [1.807, 2.05) is 19.1 Å². The maximum absolute atomic E-state index is 13.0. The van der Waals surface area contributed by atoms with Crippen LogP contribution in [0.1, 0.15) is 57.2 Å². The standard InChI is InChI=1S/C28H36N2O3/c1-4-32-23-7-5-6-20(17-23)21-8-9-24-22(16-21)10-13-28(2,3)26(24)29-27(31)33-25-18-30-14-11-19(25)12-15-30/h5-9,16-17,19,25-26H,4,10-15,18H2,1-3H3,(H,29,31)/t25-,26+/m1/s1. The number of hydrogen-bond acceptors (Lipinski definition) is 4. The van der Waals surface area contributed by atoms with Crippen molar-refractivity contribution in [2.75, 3.05) is 26.2 Å². The van der Waals surface area contributed by atoms with Gasteiger partial charge in [-0.05, 0) is 91.4 Å². The van der Waals surface area contributed by atoms with Crippen molar-refractivity contribution in [3.05, 3.63) is 53.6 Å². The van der Waals surface area contributed by atoms with Crippen LogP contribution in [0.3, 0.4) is 0 Å². The molecule has 3 fully saturated rings. The van der Waals surface area contributed by atoms with Gasteiger partial charge in [-0.3, -0.25) is 4.90 Å². The second-order valence-corrected chi connectivity index (χ2v) is 10.5. The van der Waals surface area contributed by atoms with Crippen molar-refractivity contribution in [2.24, 2.45) is 11.3 Å². The van der Waals surface area contributed by atoms with E-state index in [9.17, 15) is 4.79 Å². The van der Waals surface area contributed by atoms with Gasteiger partial charge in [0.05, 0.1) is 12.6 Å². The molecule has 5 nitrogen and oxygen atoms in total. The lowest BCUT2D eigenvalue weighted by atomic mass is 9.70. The molecule has 4 aliphatic rings. The van der Waals surface area contributed by atoms with Crippen molar-refractivity contribution in [1.82, 2.24) is 10.2 Å². The van der Waals surface area contributed by atoms with E-state index < -0.39 is 0 Å². The zero-order chi connectivity index (χ0) is 23.0. The Hall–Kier alpha value is -2.53. The van der Waals surface area contributed by atoms with Crippen LogP contribution in [-0.4, -0.2) is 43.3 Å².